The van der Waals surface area contributed by atoms with Gasteiger partial charge >= 0.3 is 0 Å². The summed E-state index contributed by atoms with van der Waals surface area (Å²) in [5, 5.41) is 8.56. The number of aromatic nitrogens is 3. The maximum atomic E-state index is 12.2. The Hall–Kier alpha value is -1.92. The lowest BCUT2D eigenvalue weighted by molar-refractivity contribution is 0.102. The quantitative estimate of drug-likeness (QED) is 0.790. The standard InChI is InChI=1S/C13H11ClN4OS/c1-7-9(14)4-3-5-10(7)15-12(19)11-6-18-13(16-11)20-8(2)17-18/h3-6H,1-2H3,(H,15,19). The number of hydrogen-bond donors (Lipinski definition) is 1. The number of aryl methyl sites for hydroxylation is 1. The summed E-state index contributed by atoms with van der Waals surface area (Å²) in [6.07, 6.45) is 1.62. The first-order valence-corrected chi connectivity index (χ1v) is 7.13. The lowest BCUT2D eigenvalue weighted by Crippen LogP contribution is -2.13. The Kier molecular flexibility index (Phi) is 3.19. The molecule has 0 aliphatic carbocycles. The Balaban J connectivity index is 1.88. The monoisotopic (exact) mass is 306 g/mol. The highest BCUT2D eigenvalue weighted by Crippen LogP contribution is 2.23. The average molecular weight is 307 g/mol. The van der Waals surface area contributed by atoms with Crippen molar-refractivity contribution >= 4 is 39.5 Å². The predicted molar refractivity (Wildman–Crippen MR) is 79.7 cm³/mol. The van der Waals surface area contributed by atoms with E-state index < -0.39 is 0 Å². The van der Waals surface area contributed by atoms with Crippen molar-refractivity contribution in [1.29, 1.82) is 0 Å². The smallest absolute Gasteiger partial charge is 0.275 e. The van der Waals surface area contributed by atoms with Crippen LogP contribution in [0.3, 0.4) is 0 Å². The van der Waals surface area contributed by atoms with E-state index in [9.17, 15) is 4.79 Å². The molecular weight excluding hydrogens is 296 g/mol. The molecule has 0 unspecified atom stereocenters. The van der Waals surface area contributed by atoms with Crippen LogP contribution in [0, 0.1) is 13.8 Å². The molecule has 1 aromatic carbocycles. The summed E-state index contributed by atoms with van der Waals surface area (Å²) in [7, 11) is 0. The molecule has 1 amide bonds. The zero-order valence-corrected chi connectivity index (χ0v) is 12.4. The molecule has 0 aliphatic heterocycles. The van der Waals surface area contributed by atoms with Crippen molar-refractivity contribution in [2.24, 2.45) is 0 Å². The van der Waals surface area contributed by atoms with Crippen molar-refractivity contribution in [2.75, 3.05) is 5.32 Å². The fraction of sp³-hybridized carbons (Fsp3) is 0.154. The number of nitrogens with one attached hydrogen (secondary N) is 1. The molecule has 1 N–H and O–H groups in total. The minimum atomic E-state index is -0.272. The highest BCUT2D eigenvalue weighted by molar-refractivity contribution is 7.16. The topological polar surface area (TPSA) is 59.3 Å². The fourth-order valence-electron chi connectivity index (χ4n) is 1.84. The molecule has 0 spiro atoms. The van der Waals surface area contributed by atoms with Gasteiger partial charge in [0.25, 0.3) is 5.91 Å². The van der Waals surface area contributed by atoms with Crippen molar-refractivity contribution in [3.63, 3.8) is 0 Å². The Morgan fingerprint density at radius 3 is 2.95 bits per heavy atom. The van der Waals surface area contributed by atoms with E-state index in [1.165, 1.54) is 11.3 Å². The van der Waals surface area contributed by atoms with E-state index in [1.54, 1.807) is 28.9 Å². The lowest BCUT2D eigenvalue weighted by atomic mass is 10.2. The first-order chi connectivity index (χ1) is 9.54. The van der Waals surface area contributed by atoms with Crippen LogP contribution in [0.4, 0.5) is 5.69 Å². The number of carbonyl (C=O) groups is 1. The third kappa shape index (κ3) is 2.28. The zero-order valence-electron chi connectivity index (χ0n) is 10.8. The predicted octanol–water partition coefficient (Wildman–Crippen LogP) is 3.31. The minimum absolute atomic E-state index is 0.272. The van der Waals surface area contributed by atoms with Crippen molar-refractivity contribution in [3.05, 3.63) is 45.7 Å². The molecule has 20 heavy (non-hydrogen) atoms. The van der Waals surface area contributed by atoms with Crippen LogP contribution in [0.15, 0.2) is 24.4 Å². The number of anilines is 1. The number of halogens is 1. The number of nitrogens with zero attached hydrogens (tertiary/aromatic N) is 3. The van der Waals surface area contributed by atoms with Gasteiger partial charge in [0.05, 0.1) is 6.20 Å². The third-order valence-corrected chi connectivity index (χ3v) is 4.14. The normalized spacial score (nSPS) is 10.9. The summed E-state index contributed by atoms with van der Waals surface area (Å²) >= 11 is 7.47. The molecule has 0 fully saturated rings. The summed E-state index contributed by atoms with van der Waals surface area (Å²) in [6, 6.07) is 5.38. The Morgan fingerprint density at radius 1 is 1.40 bits per heavy atom. The summed E-state index contributed by atoms with van der Waals surface area (Å²) in [5.41, 5.74) is 1.85. The average Bonchev–Trinajstić information content (AvgIpc) is 2.92. The summed E-state index contributed by atoms with van der Waals surface area (Å²) < 4.78 is 1.61. The number of rotatable bonds is 2. The van der Waals surface area contributed by atoms with Gasteiger partial charge in [0, 0.05) is 10.7 Å². The van der Waals surface area contributed by atoms with Gasteiger partial charge in [-0.25, -0.2) is 9.50 Å². The van der Waals surface area contributed by atoms with Gasteiger partial charge in [-0.3, -0.25) is 4.79 Å². The summed E-state index contributed by atoms with van der Waals surface area (Å²) in [6.45, 7) is 3.75. The van der Waals surface area contributed by atoms with Gasteiger partial charge in [0.15, 0.2) is 0 Å². The van der Waals surface area contributed by atoms with E-state index in [0.29, 0.717) is 21.4 Å². The van der Waals surface area contributed by atoms with Crippen LogP contribution in [0.5, 0.6) is 0 Å². The highest BCUT2D eigenvalue weighted by atomic mass is 35.5. The molecule has 0 saturated carbocycles. The van der Waals surface area contributed by atoms with Gasteiger partial charge in [-0.2, -0.15) is 5.10 Å². The van der Waals surface area contributed by atoms with E-state index >= 15 is 0 Å². The van der Waals surface area contributed by atoms with Crippen LogP contribution in [0.1, 0.15) is 21.1 Å². The van der Waals surface area contributed by atoms with Gasteiger partial charge < -0.3 is 5.32 Å². The maximum Gasteiger partial charge on any atom is 0.275 e. The van der Waals surface area contributed by atoms with Crippen molar-refractivity contribution in [1.82, 2.24) is 14.6 Å². The number of fused-ring (bicyclic) bond motifs is 1. The van der Waals surface area contributed by atoms with Crippen molar-refractivity contribution < 1.29 is 4.79 Å². The molecule has 2 aromatic heterocycles. The van der Waals surface area contributed by atoms with E-state index in [1.807, 2.05) is 13.8 Å². The number of amides is 1. The Bertz CT molecular complexity index is 776. The second-order valence-corrected chi connectivity index (χ2v) is 5.91. The van der Waals surface area contributed by atoms with Gasteiger partial charge in [-0.05, 0) is 31.5 Å². The molecule has 7 heteroatoms. The van der Waals surface area contributed by atoms with Crippen molar-refractivity contribution in [2.45, 2.75) is 13.8 Å². The molecule has 3 aromatic rings. The van der Waals surface area contributed by atoms with E-state index in [2.05, 4.69) is 15.4 Å². The second kappa shape index (κ2) is 4.88. The number of benzene rings is 1. The summed E-state index contributed by atoms with van der Waals surface area (Å²) in [5.74, 6) is -0.272. The lowest BCUT2D eigenvalue weighted by Gasteiger charge is -2.07. The molecule has 102 valence electrons. The molecule has 0 aliphatic rings. The van der Waals surface area contributed by atoms with Crippen LogP contribution in [-0.2, 0) is 0 Å². The highest BCUT2D eigenvalue weighted by Gasteiger charge is 2.14. The third-order valence-electron chi connectivity index (χ3n) is 2.89. The maximum absolute atomic E-state index is 12.2. The van der Waals surface area contributed by atoms with Gasteiger partial charge in [-0.1, -0.05) is 29.0 Å². The van der Waals surface area contributed by atoms with Gasteiger partial charge in [-0.15, -0.1) is 0 Å². The largest absolute Gasteiger partial charge is 0.320 e. The number of imidazole rings is 1. The first-order valence-electron chi connectivity index (χ1n) is 5.94. The molecule has 0 saturated heterocycles. The molecule has 5 nitrogen and oxygen atoms in total. The molecule has 0 bridgehead atoms. The SMILES string of the molecule is Cc1nn2cc(C(=O)Nc3cccc(Cl)c3C)nc2s1. The molecular formula is C13H11ClN4OS. The molecule has 3 rings (SSSR count). The van der Waals surface area contributed by atoms with Crippen LogP contribution < -0.4 is 5.32 Å². The van der Waals surface area contributed by atoms with E-state index in [4.69, 9.17) is 11.6 Å². The molecule has 0 radical (unpaired) electrons. The zero-order chi connectivity index (χ0) is 14.3. The number of hydrogen-bond acceptors (Lipinski definition) is 4. The Morgan fingerprint density at radius 2 is 2.20 bits per heavy atom. The summed E-state index contributed by atoms with van der Waals surface area (Å²) in [4.78, 5) is 17.1. The van der Waals surface area contributed by atoms with E-state index in [0.717, 1.165) is 10.6 Å². The minimum Gasteiger partial charge on any atom is -0.320 e. The van der Waals surface area contributed by atoms with E-state index in [-0.39, 0.29) is 5.91 Å². The van der Waals surface area contributed by atoms with Crippen LogP contribution in [0.25, 0.3) is 4.96 Å². The van der Waals surface area contributed by atoms with Gasteiger partial charge in [0.2, 0.25) is 4.96 Å². The molecule has 2 heterocycles. The van der Waals surface area contributed by atoms with Gasteiger partial charge in [0.1, 0.15) is 10.7 Å². The fourth-order valence-corrected chi connectivity index (χ4v) is 2.74. The number of carbonyl (C=O) groups excluding carboxylic acids is 1. The van der Waals surface area contributed by atoms with Crippen LogP contribution in [-0.4, -0.2) is 20.5 Å². The van der Waals surface area contributed by atoms with Crippen molar-refractivity contribution in [3.8, 4) is 0 Å². The Labute approximate surface area is 124 Å². The molecule has 0 atom stereocenters. The van der Waals surface area contributed by atoms with Crippen LogP contribution >= 0.6 is 22.9 Å². The van der Waals surface area contributed by atoms with Crippen LogP contribution in [0.2, 0.25) is 5.02 Å². The second-order valence-electron chi connectivity index (χ2n) is 4.34. The first kappa shape index (κ1) is 13.1.